The zero-order chi connectivity index (χ0) is 24.0. The average Bonchev–Trinajstić information content (AvgIpc) is 2.85. The summed E-state index contributed by atoms with van der Waals surface area (Å²) in [7, 11) is 0. The summed E-state index contributed by atoms with van der Waals surface area (Å²) in [5, 5.41) is 0. The Morgan fingerprint density at radius 3 is 1.61 bits per heavy atom. The van der Waals surface area contributed by atoms with E-state index in [0.29, 0.717) is 0 Å². The summed E-state index contributed by atoms with van der Waals surface area (Å²) in [6, 6.07) is 10.9. The highest BCUT2D eigenvalue weighted by Gasteiger charge is 2.35. The van der Waals surface area contributed by atoms with Crippen molar-refractivity contribution >= 4 is 36.2 Å². The number of nitrogens with zero attached hydrogens (tertiary/aromatic N) is 1. The minimum atomic E-state index is 0.0823. The van der Waals surface area contributed by atoms with E-state index in [9.17, 15) is 0 Å². The van der Waals surface area contributed by atoms with Crippen molar-refractivity contribution < 1.29 is 0 Å². The summed E-state index contributed by atoms with van der Waals surface area (Å²) in [4.78, 5) is 2.61. The number of benzene rings is 1. The lowest BCUT2D eigenvalue weighted by Gasteiger charge is -2.41. The lowest BCUT2D eigenvalue weighted by molar-refractivity contribution is 0.277. The lowest BCUT2D eigenvalue weighted by Crippen LogP contribution is -2.45. The van der Waals surface area contributed by atoms with Gasteiger partial charge in [0.2, 0.25) is 0 Å². The zero-order valence-electron chi connectivity index (χ0n) is 22.0. The number of hydrogen-bond donors (Lipinski definition) is 1. The molecule has 0 aromatic heterocycles. The summed E-state index contributed by atoms with van der Waals surface area (Å²) in [6.07, 6.45) is 20.0. The first-order valence-corrected chi connectivity index (χ1v) is 16.5. The summed E-state index contributed by atoms with van der Waals surface area (Å²) >= 11 is 9.06. The summed E-state index contributed by atoms with van der Waals surface area (Å²) in [5.74, 6) is 3.20. The molecule has 0 bridgehead atoms. The summed E-state index contributed by atoms with van der Waals surface area (Å²) in [5.41, 5.74) is 1.41. The van der Waals surface area contributed by atoms with E-state index in [2.05, 4.69) is 79.5 Å². The highest BCUT2D eigenvalue weighted by atomic mass is 32.2. The first kappa shape index (κ1) is 31.3. The van der Waals surface area contributed by atoms with Gasteiger partial charge >= 0.3 is 0 Å². The first-order chi connectivity index (χ1) is 16.2. The molecular weight excluding hydrogens is 459 g/mol. The molecule has 0 amide bonds. The predicted molar refractivity (Wildman–Crippen MR) is 160 cm³/mol. The fourth-order valence-corrected chi connectivity index (χ4v) is 8.24. The molecule has 0 saturated heterocycles. The molecule has 1 rings (SSSR count). The van der Waals surface area contributed by atoms with E-state index in [1.54, 1.807) is 0 Å². The molecule has 33 heavy (non-hydrogen) atoms. The maximum absolute atomic E-state index is 4.84. The van der Waals surface area contributed by atoms with Gasteiger partial charge < -0.3 is 0 Å². The van der Waals surface area contributed by atoms with E-state index in [-0.39, 0.29) is 4.20 Å². The number of unbranched alkanes of at least 4 members (excludes halogenated alkanes) is 13. The molecule has 0 fully saturated rings. The van der Waals surface area contributed by atoms with Crippen LogP contribution < -0.4 is 0 Å². The largest absolute Gasteiger partial charge is 0.280 e. The van der Waals surface area contributed by atoms with Crippen LogP contribution in [0.25, 0.3) is 0 Å². The SMILES string of the molecule is CCCCCCCCCCCCCCCCSC(CS)(SCc1ccccc1)N(CC)CC. The molecule has 1 aromatic carbocycles. The maximum Gasteiger partial charge on any atom is 0.123 e. The third-order valence-corrected chi connectivity index (χ3v) is 10.8. The minimum Gasteiger partial charge on any atom is -0.280 e. The average molecular weight is 512 g/mol. The smallest absolute Gasteiger partial charge is 0.123 e. The van der Waals surface area contributed by atoms with Crippen LogP contribution in [-0.4, -0.2) is 33.7 Å². The van der Waals surface area contributed by atoms with Crippen LogP contribution in [0.15, 0.2) is 30.3 Å². The molecule has 192 valence electrons. The molecule has 0 aliphatic rings. The molecule has 0 aliphatic heterocycles. The second-order valence-corrected chi connectivity index (χ2v) is 12.5. The Hall–Kier alpha value is 0.230. The predicted octanol–water partition coefficient (Wildman–Crippen LogP) is 10.1. The molecule has 1 atom stereocenters. The fourth-order valence-electron chi connectivity index (χ4n) is 4.42. The van der Waals surface area contributed by atoms with E-state index in [4.69, 9.17) is 12.6 Å². The Labute approximate surface area is 221 Å². The van der Waals surface area contributed by atoms with Crippen molar-refractivity contribution in [3.63, 3.8) is 0 Å². The van der Waals surface area contributed by atoms with E-state index in [1.807, 2.05) is 0 Å². The molecular formula is C29H53NS3. The molecule has 0 spiro atoms. The van der Waals surface area contributed by atoms with Gasteiger partial charge in [-0.2, -0.15) is 12.6 Å². The maximum atomic E-state index is 4.84. The van der Waals surface area contributed by atoms with Gasteiger partial charge in [-0.1, -0.05) is 135 Å². The van der Waals surface area contributed by atoms with Gasteiger partial charge in [0.1, 0.15) is 4.20 Å². The summed E-state index contributed by atoms with van der Waals surface area (Å²) in [6.45, 7) is 9.05. The Morgan fingerprint density at radius 2 is 1.15 bits per heavy atom. The van der Waals surface area contributed by atoms with Gasteiger partial charge in [-0.05, 0) is 30.8 Å². The van der Waals surface area contributed by atoms with Crippen molar-refractivity contribution in [2.24, 2.45) is 0 Å². The molecule has 4 heteroatoms. The standard InChI is InChI=1S/C29H53NS3/c1-4-7-8-9-10-11-12-13-14-15-16-17-18-22-25-32-29(27-31,30(5-2)6-3)33-26-28-23-20-19-21-24-28/h19-21,23-24,31H,4-18,22,25-27H2,1-3H3. The van der Waals surface area contributed by atoms with Gasteiger partial charge in [-0.25, -0.2) is 0 Å². The monoisotopic (exact) mass is 511 g/mol. The molecule has 0 heterocycles. The van der Waals surface area contributed by atoms with Gasteiger partial charge in [0.15, 0.2) is 0 Å². The molecule has 0 N–H and O–H groups in total. The second kappa shape index (κ2) is 21.5. The first-order valence-electron chi connectivity index (χ1n) is 13.9. The van der Waals surface area contributed by atoms with Crippen LogP contribution in [0.1, 0.15) is 116 Å². The Morgan fingerprint density at radius 1 is 0.667 bits per heavy atom. The van der Waals surface area contributed by atoms with Crippen molar-refractivity contribution in [2.45, 2.75) is 121 Å². The van der Waals surface area contributed by atoms with Crippen molar-refractivity contribution in [3.05, 3.63) is 35.9 Å². The zero-order valence-corrected chi connectivity index (χ0v) is 24.6. The van der Waals surface area contributed by atoms with E-state index < -0.39 is 0 Å². The van der Waals surface area contributed by atoms with E-state index in [1.165, 1.54) is 101 Å². The van der Waals surface area contributed by atoms with Crippen LogP contribution in [0.3, 0.4) is 0 Å². The van der Waals surface area contributed by atoms with Gasteiger partial charge in [0, 0.05) is 11.5 Å². The molecule has 1 nitrogen and oxygen atoms in total. The van der Waals surface area contributed by atoms with Crippen molar-refractivity contribution in [1.82, 2.24) is 4.90 Å². The van der Waals surface area contributed by atoms with Crippen LogP contribution in [0.5, 0.6) is 0 Å². The minimum absolute atomic E-state index is 0.0823. The second-order valence-electron chi connectivity index (χ2n) is 9.26. The van der Waals surface area contributed by atoms with Crippen molar-refractivity contribution in [3.8, 4) is 0 Å². The molecule has 0 radical (unpaired) electrons. The van der Waals surface area contributed by atoms with Crippen LogP contribution in [0.4, 0.5) is 0 Å². The molecule has 0 aliphatic carbocycles. The molecule has 0 saturated carbocycles. The number of thiol groups is 1. The van der Waals surface area contributed by atoms with Crippen molar-refractivity contribution in [2.75, 3.05) is 24.6 Å². The number of hydrogen-bond acceptors (Lipinski definition) is 4. The Balaban J connectivity index is 2.18. The van der Waals surface area contributed by atoms with E-state index in [0.717, 1.165) is 24.6 Å². The number of thioether (sulfide) groups is 2. The van der Waals surface area contributed by atoms with Crippen LogP contribution in [0, 0.1) is 0 Å². The fraction of sp³-hybridized carbons (Fsp3) is 0.793. The topological polar surface area (TPSA) is 3.24 Å². The highest BCUT2D eigenvalue weighted by Crippen LogP contribution is 2.43. The lowest BCUT2D eigenvalue weighted by atomic mass is 10.0. The Bertz CT molecular complexity index is 535. The van der Waals surface area contributed by atoms with Crippen LogP contribution >= 0.6 is 36.2 Å². The quantitative estimate of drug-likeness (QED) is 0.0884. The van der Waals surface area contributed by atoms with Gasteiger partial charge in [0.25, 0.3) is 0 Å². The third-order valence-electron chi connectivity index (χ3n) is 6.58. The Kier molecular flexibility index (Phi) is 20.4. The third kappa shape index (κ3) is 14.4. The highest BCUT2D eigenvalue weighted by molar-refractivity contribution is 8.18. The van der Waals surface area contributed by atoms with Gasteiger partial charge in [-0.15, -0.1) is 23.5 Å². The molecule has 1 aromatic rings. The van der Waals surface area contributed by atoms with Gasteiger partial charge in [-0.3, -0.25) is 4.90 Å². The molecule has 1 unspecified atom stereocenters. The van der Waals surface area contributed by atoms with Gasteiger partial charge in [0.05, 0.1) is 0 Å². The van der Waals surface area contributed by atoms with Crippen LogP contribution in [0.2, 0.25) is 0 Å². The van der Waals surface area contributed by atoms with Crippen LogP contribution in [-0.2, 0) is 5.75 Å². The summed E-state index contributed by atoms with van der Waals surface area (Å²) < 4.78 is 0.0823. The normalized spacial score (nSPS) is 13.5. The van der Waals surface area contributed by atoms with Crippen molar-refractivity contribution in [1.29, 1.82) is 0 Å². The van der Waals surface area contributed by atoms with E-state index >= 15 is 0 Å². The number of rotatable bonds is 23.